The summed E-state index contributed by atoms with van der Waals surface area (Å²) in [5, 5.41) is 2.75. The molecule has 0 aliphatic heterocycles. The normalized spacial score (nSPS) is 13.4. The molecular formula is C22H21ClN2S2. The molecule has 3 aromatic rings. The van der Waals surface area contributed by atoms with E-state index in [4.69, 9.17) is 21.6 Å². The van der Waals surface area contributed by atoms with Gasteiger partial charge in [0.1, 0.15) is 5.03 Å². The van der Waals surface area contributed by atoms with Gasteiger partial charge in [0.05, 0.1) is 0 Å². The van der Waals surface area contributed by atoms with Gasteiger partial charge in [0, 0.05) is 26.9 Å². The Morgan fingerprint density at radius 3 is 2.44 bits per heavy atom. The lowest BCUT2D eigenvalue weighted by atomic mass is 9.98. The third kappa shape index (κ3) is 4.87. The van der Waals surface area contributed by atoms with Gasteiger partial charge in [-0.05, 0) is 62.4 Å². The summed E-state index contributed by atoms with van der Waals surface area (Å²) in [6, 6.07) is 16.7. The highest BCUT2D eigenvalue weighted by Crippen LogP contribution is 2.35. The first-order chi connectivity index (χ1) is 13.2. The Balaban J connectivity index is 1.58. The Labute approximate surface area is 174 Å². The number of nitrogens with zero attached hydrogens (tertiary/aromatic N) is 2. The van der Waals surface area contributed by atoms with Crippen LogP contribution < -0.4 is 0 Å². The van der Waals surface area contributed by atoms with E-state index in [1.165, 1.54) is 40.1 Å². The van der Waals surface area contributed by atoms with Gasteiger partial charge in [-0.1, -0.05) is 65.0 Å². The van der Waals surface area contributed by atoms with Crippen LogP contribution in [0.1, 0.15) is 35.2 Å². The standard InChI is InChI=1S/C22H21ClN2S2/c1-15-6-8-16(9-7-15)14-26-22-24-20-5-3-2-4-19(20)21(25-22)27-18-12-10-17(23)11-13-18/h6-13H,2-5,14H2,1H3. The molecule has 5 heteroatoms. The van der Waals surface area contributed by atoms with Gasteiger partial charge in [0.2, 0.25) is 0 Å². The zero-order valence-electron chi connectivity index (χ0n) is 15.2. The fourth-order valence-corrected chi connectivity index (χ4v) is 5.11. The van der Waals surface area contributed by atoms with Crippen LogP contribution >= 0.6 is 35.1 Å². The predicted molar refractivity (Wildman–Crippen MR) is 115 cm³/mol. The van der Waals surface area contributed by atoms with Crippen LogP contribution in [-0.2, 0) is 18.6 Å². The summed E-state index contributed by atoms with van der Waals surface area (Å²) in [4.78, 5) is 11.0. The largest absolute Gasteiger partial charge is 0.227 e. The summed E-state index contributed by atoms with van der Waals surface area (Å²) >= 11 is 9.47. The van der Waals surface area contributed by atoms with Crippen LogP contribution in [0.25, 0.3) is 0 Å². The second kappa shape index (κ2) is 8.68. The molecule has 1 aliphatic rings. The van der Waals surface area contributed by atoms with E-state index in [0.29, 0.717) is 0 Å². The molecule has 0 bridgehead atoms. The van der Waals surface area contributed by atoms with Crippen LogP contribution in [0, 0.1) is 6.92 Å². The molecule has 0 saturated heterocycles. The van der Waals surface area contributed by atoms with Gasteiger partial charge in [-0.3, -0.25) is 0 Å². The van der Waals surface area contributed by atoms with E-state index in [-0.39, 0.29) is 0 Å². The molecule has 0 N–H and O–H groups in total. The Bertz CT molecular complexity index is 924. The number of thioether (sulfide) groups is 1. The second-order valence-electron chi connectivity index (χ2n) is 6.77. The van der Waals surface area contributed by atoms with Crippen molar-refractivity contribution in [1.82, 2.24) is 9.97 Å². The third-order valence-electron chi connectivity index (χ3n) is 4.64. The molecule has 0 atom stereocenters. The molecular weight excluding hydrogens is 392 g/mol. The van der Waals surface area contributed by atoms with Gasteiger partial charge in [-0.25, -0.2) is 9.97 Å². The first kappa shape index (κ1) is 18.9. The van der Waals surface area contributed by atoms with Gasteiger partial charge in [-0.2, -0.15) is 0 Å². The highest BCUT2D eigenvalue weighted by atomic mass is 35.5. The summed E-state index contributed by atoms with van der Waals surface area (Å²) in [5.74, 6) is 0.893. The fourth-order valence-electron chi connectivity index (χ4n) is 3.13. The SMILES string of the molecule is Cc1ccc(CSc2nc3c(c(Sc4ccc(Cl)cc4)n2)CCCC3)cc1. The van der Waals surface area contributed by atoms with Gasteiger partial charge in [0.25, 0.3) is 0 Å². The third-order valence-corrected chi connectivity index (χ3v) is 6.85. The topological polar surface area (TPSA) is 25.8 Å². The molecule has 1 heterocycles. The molecule has 1 aromatic heterocycles. The van der Waals surface area contributed by atoms with Crippen molar-refractivity contribution in [3.8, 4) is 0 Å². The molecule has 4 rings (SSSR count). The summed E-state index contributed by atoms with van der Waals surface area (Å²) < 4.78 is 0. The van der Waals surface area contributed by atoms with E-state index < -0.39 is 0 Å². The van der Waals surface area contributed by atoms with Crippen LogP contribution in [-0.4, -0.2) is 9.97 Å². The first-order valence-electron chi connectivity index (χ1n) is 9.19. The molecule has 0 fully saturated rings. The molecule has 0 unspecified atom stereocenters. The fraction of sp³-hybridized carbons (Fsp3) is 0.273. The van der Waals surface area contributed by atoms with Crippen LogP contribution in [0.3, 0.4) is 0 Å². The number of benzene rings is 2. The van der Waals surface area contributed by atoms with Crippen molar-refractivity contribution in [3.05, 3.63) is 75.9 Å². The van der Waals surface area contributed by atoms with E-state index in [9.17, 15) is 0 Å². The zero-order chi connectivity index (χ0) is 18.6. The molecule has 0 radical (unpaired) electrons. The Morgan fingerprint density at radius 2 is 1.67 bits per heavy atom. The molecule has 0 spiro atoms. The number of aromatic nitrogens is 2. The number of fused-ring (bicyclic) bond motifs is 1. The molecule has 138 valence electrons. The van der Waals surface area contributed by atoms with Crippen molar-refractivity contribution in [1.29, 1.82) is 0 Å². The van der Waals surface area contributed by atoms with Crippen LogP contribution in [0.4, 0.5) is 0 Å². The summed E-state index contributed by atoms with van der Waals surface area (Å²) in [5.41, 5.74) is 5.16. The summed E-state index contributed by atoms with van der Waals surface area (Å²) in [6.45, 7) is 2.11. The number of halogens is 1. The maximum Gasteiger partial charge on any atom is 0.189 e. The quantitative estimate of drug-likeness (QED) is 0.262. The molecule has 1 aliphatic carbocycles. The van der Waals surface area contributed by atoms with E-state index in [2.05, 4.69) is 43.3 Å². The van der Waals surface area contributed by atoms with Crippen molar-refractivity contribution in [2.45, 2.75) is 53.4 Å². The monoisotopic (exact) mass is 412 g/mol. The number of rotatable bonds is 5. The van der Waals surface area contributed by atoms with Crippen molar-refractivity contribution >= 4 is 35.1 Å². The van der Waals surface area contributed by atoms with Crippen molar-refractivity contribution < 1.29 is 0 Å². The van der Waals surface area contributed by atoms with Crippen LogP contribution in [0.2, 0.25) is 5.02 Å². The van der Waals surface area contributed by atoms with Gasteiger partial charge in [-0.15, -0.1) is 0 Å². The lowest BCUT2D eigenvalue weighted by Crippen LogP contribution is -2.09. The van der Waals surface area contributed by atoms with Crippen LogP contribution in [0.15, 0.2) is 63.6 Å². The second-order valence-corrected chi connectivity index (χ2v) is 9.22. The maximum absolute atomic E-state index is 6.03. The zero-order valence-corrected chi connectivity index (χ0v) is 17.6. The smallest absolute Gasteiger partial charge is 0.189 e. The minimum Gasteiger partial charge on any atom is -0.227 e. The molecule has 0 saturated carbocycles. The maximum atomic E-state index is 6.03. The highest BCUT2D eigenvalue weighted by Gasteiger charge is 2.19. The highest BCUT2D eigenvalue weighted by molar-refractivity contribution is 7.99. The van der Waals surface area contributed by atoms with E-state index in [1.807, 2.05) is 12.1 Å². The Hall–Kier alpha value is -1.49. The van der Waals surface area contributed by atoms with Gasteiger partial charge in [0.15, 0.2) is 5.16 Å². The first-order valence-corrected chi connectivity index (χ1v) is 11.4. The lowest BCUT2D eigenvalue weighted by Gasteiger charge is -2.18. The molecule has 27 heavy (non-hydrogen) atoms. The van der Waals surface area contributed by atoms with Crippen LogP contribution in [0.5, 0.6) is 0 Å². The van der Waals surface area contributed by atoms with E-state index >= 15 is 0 Å². The van der Waals surface area contributed by atoms with Gasteiger partial charge < -0.3 is 0 Å². The molecule has 2 aromatic carbocycles. The number of hydrogen-bond donors (Lipinski definition) is 0. The average Bonchev–Trinajstić information content (AvgIpc) is 2.69. The lowest BCUT2D eigenvalue weighted by molar-refractivity contribution is 0.628. The van der Waals surface area contributed by atoms with Crippen molar-refractivity contribution in [3.63, 3.8) is 0 Å². The number of aryl methyl sites for hydroxylation is 2. The average molecular weight is 413 g/mol. The van der Waals surface area contributed by atoms with E-state index in [0.717, 1.165) is 33.8 Å². The summed E-state index contributed by atoms with van der Waals surface area (Å²) in [6.07, 6.45) is 4.58. The van der Waals surface area contributed by atoms with E-state index in [1.54, 1.807) is 23.5 Å². The minimum absolute atomic E-state index is 0.762. The molecule has 0 amide bonds. The number of hydrogen-bond acceptors (Lipinski definition) is 4. The predicted octanol–water partition coefficient (Wildman–Crippen LogP) is 6.76. The summed E-state index contributed by atoms with van der Waals surface area (Å²) in [7, 11) is 0. The minimum atomic E-state index is 0.762. The van der Waals surface area contributed by atoms with Gasteiger partial charge >= 0.3 is 0 Å². The molecule has 2 nitrogen and oxygen atoms in total. The Morgan fingerprint density at radius 1 is 0.926 bits per heavy atom. The Kier molecular flexibility index (Phi) is 6.06. The van der Waals surface area contributed by atoms with Crippen molar-refractivity contribution in [2.75, 3.05) is 0 Å². The van der Waals surface area contributed by atoms with Crippen molar-refractivity contribution in [2.24, 2.45) is 0 Å².